The zero-order valence-corrected chi connectivity index (χ0v) is 32.1. The summed E-state index contributed by atoms with van der Waals surface area (Å²) in [6.07, 6.45) is 0. The average Bonchev–Trinajstić information content (AvgIpc) is 2.86. The second-order valence-electron chi connectivity index (χ2n) is 16.4. The van der Waals surface area contributed by atoms with Crippen molar-refractivity contribution in [3.8, 4) is 0 Å². The van der Waals surface area contributed by atoms with Crippen LogP contribution in [0.3, 0.4) is 0 Å². The molecule has 2 aromatic rings. The molecule has 0 heterocycles. The van der Waals surface area contributed by atoms with Crippen LogP contribution in [-0.4, -0.2) is 59.8 Å². The van der Waals surface area contributed by atoms with Crippen molar-refractivity contribution in [1.29, 1.82) is 0 Å². The highest BCUT2D eigenvalue weighted by Crippen LogP contribution is 2.51. The zero-order valence-electron chi connectivity index (χ0n) is 30.3. The summed E-state index contributed by atoms with van der Waals surface area (Å²) in [4.78, 5) is 31.3. The molecule has 264 valence electrons. The third kappa shape index (κ3) is 9.55. The molecule has 0 amide bonds. The number of hydrogen-bond acceptors (Lipinski definition) is 9. The number of aliphatic hydroxyl groups is 4. The summed E-state index contributed by atoms with van der Waals surface area (Å²) in [5, 5.41) is 45.9. The van der Waals surface area contributed by atoms with E-state index in [1.165, 1.54) is 0 Å². The van der Waals surface area contributed by atoms with E-state index in [0.717, 1.165) is 33.4 Å². The summed E-state index contributed by atoms with van der Waals surface area (Å²) < 4.78 is 3.60. The van der Waals surface area contributed by atoms with Crippen molar-refractivity contribution < 1.29 is 44.3 Å². The smallest absolute Gasteiger partial charge is 0.334 e. The van der Waals surface area contributed by atoms with Gasteiger partial charge >= 0.3 is 17.2 Å². The van der Waals surface area contributed by atoms with E-state index in [-0.39, 0.29) is 21.7 Å². The van der Waals surface area contributed by atoms with Gasteiger partial charge in [0.2, 0.25) is 0 Å². The lowest BCUT2D eigenvalue weighted by Crippen LogP contribution is -2.55. The van der Waals surface area contributed by atoms with E-state index in [1.807, 2.05) is 26.0 Å². The summed E-state index contributed by atoms with van der Waals surface area (Å²) in [5.74, 6) is 0. The molecule has 2 aromatic carbocycles. The van der Waals surface area contributed by atoms with Crippen molar-refractivity contribution in [1.82, 2.24) is 0 Å². The van der Waals surface area contributed by atoms with Crippen LogP contribution in [0.5, 0.6) is 0 Å². The number of aliphatic hydroxyl groups excluding tert-OH is 3. The minimum absolute atomic E-state index is 0.220. The highest BCUT2D eigenvalue weighted by atomic mass is 31.2. The molecule has 0 unspecified atom stereocenters. The van der Waals surface area contributed by atoms with Crippen LogP contribution in [0.15, 0.2) is 24.3 Å². The van der Waals surface area contributed by atoms with Crippen LogP contribution in [0.1, 0.15) is 128 Å². The minimum Gasteiger partial charge on any atom is -0.395 e. The van der Waals surface area contributed by atoms with Crippen LogP contribution >= 0.6 is 17.2 Å². The van der Waals surface area contributed by atoms with Crippen LogP contribution in [0.4, 0.5) is 0 Å². The van der Waals surface area contributed by atoms with Gasteiger partial charge in [0, 0.05) is 0 Å². The first kappa shape index (κ1) is 43.0. The van der Waals surface area contributed by atoms with Gasteiger partial charge in [-0.05, 0) is 80.0 Å². The molecule has 0 aliphatic carbocycles. The predicted octanol–water partition coefficient (Wildman–Crippen LogP) is 6.12. The topological polar surface area (TPSA) is 171 Å². The number of hydrogen-bond donors (Lipinski definition) is 8. The Morgan fingerprint density at radius 2 is 0.761 bits per heavy atom. The molecule has 0 fully saturated rings. The first-order chi connectivity index (χ1) is 20.5. The lowest BCUT2D eigenvalue weighted by atomic mass is 9.61. The summed E-state index contributed by atoms with van der Waals surface area (Å²) >= 11 is 0. The van der Waals surface area contributed by atoms with Crippen molar-refractivity contribution >= 4 is 17.2 Å². The van der Waals surface area contributed by atoms with Crippen molar-refractivity contribution in [2.75, 3.05) is 19.8 Å². The summed E-state index contributed by atoms with van der Waals surface area (Å²) in [6.45, 7) is 28.1. The molecular formula is C35H60O9P2. The summed E-state index contributed by atoms with van der Waals surface area (Å²) in [5.41, 5.74) is 2.90. The second kappa shape index (κ2) is 15.2. The monoisotopic (exact) mass is 686 g/mol. The minimum atomic E-state index is -2.61. The van der Waals surface area contributed by atoms with Crippen molar-refractivity contribution in [2.45, 2.75) is 124 Å². The molecule has 8 N–H and O–H groups in total. The highest BCUT2D eigenvalue weighted by molar-refractivity contribution is 7.53. The highest BCUT2D eigenvalue weighted by Gasteiger charge is 2.54. The van der Waals surface area contributed by atoms with Crippen LogP contribution < -0.4 is 0 Å². The molecule has 0 atom stereocenters. The second-order valence-corrected chi connectivity index (χ2v) is 18.1. The van der Waals surface area contributed by atoms with Crippen molar-refractivity contribution in [3.05, 3.63) is 68.8 Å². The largest absolute Gasteiger partial charge is 0.395 e. The zero-order chi connectivity index (χ0) is 36.4. The van der Waals surface area contributed by atoms with Crippen LogP contribution in [0, 0.1) is 19.3 Å². The lowest BCUT2D eigenvalue weighted by molar-refractivity contribution is -0.136. The third-order valence-electron chi connectivity index (χ3n) is 8.76. The van der Waals surface area contributed by atoms with Gasteiger partial charge in [0.15, 0.2) is 0 Å². The van der Waals surface area contributed by atoms with E-state index in [9.17, 15) is 20.4 Å². The van der Waals surface area contributed by atoms with Gasteiger partial charge in [0.05, 0.1) is 25.2 Å². The molecule has 46 heavy (non-hydrogen) atoms. The Kier molecular flexibility index (Phi) is 14.2. The Hall–Kier alpha value is -1.06. The molecule has 0 aliphatic heterocycles. The Morgan fingerprint density at radius 3 is 0.935 bits per heavy atom. The maximum atomic E-state index is 13.3. The van der Waals surface area contributed by atoms with Gasteiger partial charge in [-0.1, -0.05) is 107 Å². The SMILES string of the molecule is Cc1c(C(C)(C)C)cc(C(C)(C)C)cc1C(O)(c1cc(C(C)(C)C)cc(C(C)(C)C)c1C)C(CO)(CO)CO.OP(O)OP(O)O. The van der Waals surface area contributed by atoms with E-state index >= 15 is 0 Å². The normalized spacial score (nSPS) is 13.7. The van der Waals surface area contributed by atoms with Crippen LogP contribution in [0.25, 0.3) is 0 Å². The summed E-state index contributed by atoms with van der Waals surface area (Å²) in [6, 6.07) is 8.49. The van der Waals surface area contributed by atoms with Gasteiger partial charge in [0.1, 0.15) is 5.60 Å². The maximum absolute atomic E-state index is 13.3. The molecule has 2 rings (SSSR count). The lowest BCUT2D eigenvalue weighted by Gasteiger charge is -2.48. The molecule has 0 radical (unpaired) electrons. The first-order valence-corrected chi connectivity index (χ1v) is 17.8. The molecule has 0 saturated heterocycles. The Bertz CT molecular complexity index is 1210. The van der Waals surface area contributed by atoms with E-state index in [4.69, 9.17) is 19.6 Å². The van der Waals surface area contributed by atoms with Gasteiger partial charge < -0.3 is 40.0 Å². The molecule has 0 aliphatic rings. The van der Waals surface area contributed by atoms with E-state index < -0.39 is 48.0 Å². The summed E-state index contributed by atoms with van der Waals surface area (Å²) in [7, 11) is -5.22. The molecule has 11 heteroatoms. The Labute approximate surface area is 279 Å². The fourth-order valence-electron chi connectivity index (χ4n) is 5.88. The van der Waals surface area contributed by atoms with Crippen LogP contribution in [0.2, 0.25) is 0 Å². The Morgan fingerprint density at radius 1 is 0.500 bits per heavy atom. The number of benzene rings is 2. The van der Waals surface area contributed by atoms with E-state index in [0.29, 0.717) is 11.1 Å². The average molecular weight is 687 g/mol. The molecule has 0 bridgehead atoms. The fourth-order valence-corrected chi connectivity index (χ4v) is 6.40. The van der Waals surface area contributed by atoms with Gasteiger partial charge in [-0.15, -0.1) is 0 Å². The van der Waals surface area contributed by atoms with Gasteiger partial charge in [-0.25, -0.2) is 4.31 Å². The molecule has 9 nitrogen and oxygen atoms in total. The standard InChI is InChI=1S/C35H56O4.H4O5P2/c1-22-26(32(9,10)11)15-24(30(3,4)5)17-28(22)35(39,34(19-36,20-37)21-38)29-18-25(31(6,7)8)16-27(23(29)2)33(12,13)14;1-6(2)5-7(3)4/h15-18,36-39H,19-21H2,1-14H3;1-4H. The fraction of sp³-hybridized carbons (Fsp3) is 0.657. The van der Waals surface area contributed by atoms with Gasteiger partial charge in [0.25, 0.3) is 0 Å². The molecule has 0 saturated carbocycles. The molecule has 0 spiro atoms. The molecule has 0 aromatic heterocycles. The molecular weight excluding hydrogens is 626 g/mol. The Balaban J connectivity index is 0.00000135. The van der Waals surface area contributed by atoms with E-state index in [2.05, 4.69) is 99.5 Å². The van der Waals surface area contributed by atoms with Crippen LogP contribution in [-0.2, 0) is 31.6 Å². The number of rotatable bonds is 8. The first-order valence-electron chi connectivity index (χ1n) is 15.5. The third-order valence-corrected chi connectivity index (χ3v) is 9.93. The van der Waals surface area contributed by atoms with Crippen molar-refractivity contribution in [2.24, 2.45) is 5.41 Å². The quantitative estimate of drug-likeness (QED) is 0.153. The predicted molar refractivity (Wildman–Crippen MR) is 188 cm³/mol. The van der Waals surface area contributed by atoms with Gasteiger partial charge in [-0.2, -0.15) is 0 Å². The van der Waals surface area contributed by atoms with Crippen molar-refractivity contribution in [3.63, 3.8) is 0 Å². The van der Waals surface area contributed by atoms with Gasteiger partial charge in [-0.3, -0.25) is 0 Å². The maximum Gasteiger partial charge on any atom is 0.334 e. The van der Waals surface area contributed by atoms with E-state index in [1.54, 1.807) is 0 Å².